The lowest BCUT2D eigenvalue weighted by Crippen LogP contribution is -2.15. The number of nitro benzene ring substituents is 1. The number of hydrogen-bond donors (Lipinski definition) is 1. The van der Waals surface area contributed by atoms with E-state index < -0.39 is 4.92 Å². The predicted octanol–water partition coefficient (Wildman–Crippen LogP) is 3.05. The molecular weight excluding hydrogens is 344 g/mol. The number of anilines is 1. The van der Waals surface area contributed by atoms with Crippen LogP contribution in [0.5, 0.6) is 5.75 Å². The summed E-state index contributed by atoms with van der Waals surface area (Å²) in [6, 6.07) is 4.01. The molecule has 0 aliphatic carbocycles. The molecule has 2 rings (SSSR count). The maximum atomic E-state index is 12.1. The zero-order valence-corrected chi connectivity index (χ0v) is 15.1. The van der Waals surface area contributed by atoms with Gasteiger partial charge in [-0.25, -0.2) is 9.97 Å². The number of hydrogen-bond acceptors (Lipinski definition) is 7. The molecule has 0 fully saturated rings. The van der Waals surface area contributed by atoms with Gasteiger partial charge in [0, 0.05) is 17.5 Å². The number of amides is 1. The summed E-state index contributed by atoms with van der Waals surface area (Å²) in [5.41, 5.74) is 3.06. The van der Waals surface area contributed by atoms with Crippen LogP contribution in [0.3, 0.4) is 0 Å². The van der Waals surface area contributed by atoms with Gasteiger partial charge in [0.05, 0.1) is 29.5 Å². The monoisotopic (exact) mass is 362 g/mol. The highest BCUT2D eigenvalue weighted by molar-refractivity contribution is 7.99. The lowest BCUT2D eigenvalue weighted by Gasteiger charge is -2.10. The molecule has 9 heteroatoms. The third-order valence-electron chi connectivity index (χ3n) is 3.61. The number of nitro groups is 1. The maximum absolute atomic E-state index is 12.1. The average Bonchev–Trinajstić information content (AvgIpc) is 2.57. The number of nitrogens with one attached hydrogen (secondary N) is 1. The lowest BCUT2D eigenvalue weighted by atomic mass is 10.2. The summed E-state index contributed by atoms with van der Waals surface area (Å²) >= 11 is 1.22. The molecule has 0 bridgehead atoms. The van der Waals surface area contributed by atoms with Gasteiger partial charge in [0.25, 0.3) is 5.69 Å². The van der Waals surface area contributed by atoms with E-state index in [9.17, 15) is 14.9 Å². The summed E-state index contributed by atoms with van der Waals surface area (Å²) in [5, 5.41) is 14.0. The van der Waals surface area contributed by atoms with E-state index in [1.165, 1.54) is 37.1 Å². The summed E-state index contributed by atoms with van der Waals surface area (Å²) < 4.78 is 5.09. The first-order chi connectivity index (χ1) is 11.8. The van der Waals surface area contributed by atoms with Gasteiger partial charge in [0.2, 0.25) is 5.91 Å². The number of rotatable bonds is 6. The SMILES string of the molecule is COc1cc([N+](=O)[O-])ccc1NC(=O)CSc1nc(C)c(C)c(C)n1. The molecule has 0 saturated heterocycles. The minimum atomic E-state index is -0.524. The van der Waals surface area contributed by atoms with E-state index in [2.05, 4.69) is 15.3 Å². The largest absolute Gasteiger partial charge is 0.494 e. The first-order valence-corrected chi connectivity index (χ1v) is 8.37. The molecule has 25 heavy (non-hydrogen) atoms. The van der Waals surface area contributed by atoms with Crippen LogP contribution >= 0.6 is 11.8 Å². The van der Waals surface area contributed by atoms with Crippen molar-refractivity contribution in [1.82, 2.24) is 9.97 Å². The number of non-ortho nitro benzene ring substituents is 1. The molecule has 0 spiro atoms. The summed E-state index contributed by atoms with van der Waals surface area (Å²) in [5.74, 6) is 0.0599. The van der Waals surface area contributed by atoms with Crippen LogP contribution in [0.25, 0.3) is 0 Å². The number of thioether (sulfide) groups is 1. The van der Waals surface area contributed by atoms with Gasteiger partial charge in [0.1, 0.15) is 5.75 Å². The standard InChI is InChI=1S/C16H18N4O4S/c1-9-10(2)17-16(18-11(9)3)25-8-15(21)19-13-6-5-12(20(22)23)7-14(13)24-4/h5-7H,8H2,1-4H3,(H,19,21). The molecule has 0 saturated carbocycles. The highest BCUT2D eigenvalue weighted by atomic mass is 32.2. The van der Waals surface area contributed by atoms with Crippen molar-refractivity contribution in [3.05, 3.63) is 45.3 Å². The summed E-state index contributed by atoms with van der Waals surface area (Å²) in [7, 11) is 1.38. The Labute approximate surface area is 149 Å². The third kappa shape index (κ3) is 4.66. The highest BCUT2D eigenvalue weighted by Crippen LogP contribution is 2.29. The molecule has 1 N–H and O–H groups in total. The maximum Gasteiger partial charge on any atom is 0.273 e. The minimum Gasteiger partial charge on any atom is -0.494 e. The second kappa shape index (κ2) is 7.93. The molecular formula is C16H18N4O4S. The molecule has 8 nitrogen and oxygen atoms in total. The molecule has 0 unspecified atom stereocenters. The lowest BCUT2D eigenvalue weighted by molar-refractivity contribution is -0.384. The quantitative estimate of drug-likeness (QED) is 0.364. The van der Waals surface area contributed by atoms with Crippen LogP contribution in [0.1, 0.15) is 17.0 Å². The zero-order valence-electron chi connectivity index (χ0n) is 14.3. The van der Waals surface area contributed by atoms with Gasteiger partial charge in [-0.2, -0.15) is 0 Å². The second-order valence-electron chi connectivity index (χ2n) is 5.28. The average molecular weight is 362 g/mol. The zero-order chi connectivity index (χ0) is 18.6. The number of aryl methyl sites for hydroxylation is 2. The molecule has 1 aromatic heterocycles. The van der Waals surface area contributed by atoms with Crippen LogP contribution in [-0.4, -0.2) is 33.7 Å². The van der Waals surface area contributed by atoms with Gasteiger partial charge in [0.15, 0.2) is 5.16 Å². The van der Waals surface area contributed by atoms with Crippen LogP contribution in [0, 0.1) is 30.9 Å². The Morgan fingerprint density at radius 2 is 1.92 bits per heavy atom. The third-order valence-corrected chi connectivity index (χ3v) is 4.46. The van der Waals surface area contributed by atoms with Crippen molar-refractivity contribution in [2.24, 2.45) is 0 Å². The molecule has 0 aliphatic rings. The number of benzene rings is 1. The van der Waals surface area contributed by atoms with E-state index in [0.29, 0.717) is 10.8 Å². The van der Waals surface area contributed by atoms with Gasteiger partial charge in [-0.05, 0) is 32.4 Å². The van der Waals surface area contributed by atoms with Crippen LogP contribution < -0.4 is 10.1 Å². The molecule has 2 aromatic rings. The number of carbonyl (C=O) groups is 1. The Morgan fingerprint density at radius 3 is 2.48 bits per heavy atom. The summed E-state index contributed by atoms with van der Waals surface area (Å²) in [6.45, 7) is 5.75. The van der Waals surface area contributed by atoms with E-state index in [1.807, 2.05) is 20.8 Å². The minimum absolute atomic E-state index is 0.108. The van der Waals surface area contributed by atoms with Gasteiger partial charge in [-0.1, -0.05) is 11.8 Å². The van der Waals surface area contributed by atoms with Crippen LogP contribution in [0.2, 0.25) is 0 Å². The van der Waals surface area contributed by atoms with Crippen molar-refractivity contribution in [3.8, 4) is 5.75 Å². The number of ether oxygens (including phenoxy) is 1. The van der Waals surface area contributed by atoms with Crippen LogP contribution in [-0.2, 0) is 4.79 Å². The summed E-state index contributed by atoms with van der Waals surface area (Å²) in [4.78, 5) is 31.1. The van der Waals surface area contributed by atoms with Crippen molar-refractivity contribution in [3.63, 3.8) is 0 Å². The summed E-state index contributed by atoms with van der Waals surface area (Å²) in [6.07, 6.45) is 0. The molecule has 1 heterocycles. The first-order valence-electron chi connectivity index (χ1n) is 7.38. The fraction of sp³-hybridized carbons (Fsp3) is 0.312. The normalized spacial score (nSPS) is 10.4. The van der Waals surface area contributed by atoms with Gasteiger partial charge in [-0.15, -0.1) is 0 Å². The van der Waals surface area contributed by atoms with E-state index in [4.69, 9.17) is 4.74 Å². The Bertz CT molecular complexity index is 803. The van der Waals surface area contributed by atoms with E-state index in [0.717, 1.165) is 17.0 Å². The first kappa shape index (κ1) is 18.7. The van der Waals surface area contributed by atoms with E-state index in [-0.39, 0.29) is 23.1 Å². The molecule has 1 aromatic carbocycles. The Morgan fingerprint density at radius 1 is 1.28 bits per heavy atom. The van der Waals surface area contributed by atoms with Crippen molar-refractivity contribution in [2.45, 2.75) is 25.9 Å². The van der Waals surface area contributed by atoms with Gasteiger partial charge >= 0.3 is 0 Å². The van der Waals surface area contributed by atoms with Crippen molar-refractivity contribution in [2.75, 3.05) is 18.2 Å². The molecule has 132 valence electrons. The van der Waals surface area contributed by atoms with Crippen LogP contribution in [0.15, 0.2) is 23.4 Å². The number of nitrogens with zero attached hydrogens (tertiary/aromatic N) is 3. The van der Waals surface area contributed by atoms with Crippen molar-refractivity contribution < 1.29 is 14.5 Å². The van der Waals surface area contributed by atoms with E-state index in [1.54, 1.807) is 0 Å². The van der Waals surface area contributed by atoms with Crippen molar-refractivity contribution in [1.29, 1.82) is 0 Å². The molecule has 1 amide bonds. The van der Waals surface area contributed by atoms with Gasteiger partial charge in [-0.3, -0.25) is 14.9 Å². The Kier molecular flexibility index (Phi) is 5.92. The van der Waals surface area contributed by atoms with E-state index >= 15 is 0 Å². The molecule has 0 atom stereocenters. The van der Waals surface area contributed by atoms with Crippen molar-refractivity contribution >= 4 is 29.0 Å². The Balaban J connectivity index is 2.04. The number of carbonyl (C=O) groups excluding carboxylic acids is 1. The predicted molar refractivity (Wildman–Crippen MR) is 95.2 cm³/mol. The molecule has 0 aliphatic heterocycles. The van der Waals surface area contributed by atoms with Gasteiger partial charge < -0.3 is 10.1 Å². The Hall–Kier alpha value is -2.68. The molecule has 0 radical (unpaired) electrons. The smallest absolute Gasteiger partial charge is 0.273 e. The fourth-order valence-electron chi connectivity index (χ4n) is 2.02. The van der Waals surface area contributed by atoms with Crippen LogP contribution in [0.4, 0.5) is 11.4 Å². The topological polar surface area (TPSA) is 107 Å². The number of methoxy groups -OCH3 is 1. The second-order valence-corrected chi connectivity index (χ2v) is 6.22. The highest BCUT2D eigenvalue weighted by Gasteiger charge is 2.14. The number of aromatic nitrogens is 2. The fourth-order valence-corrected chi connectivity index (χ4v) is 2.75.